The van der Waals surface area contributed by atoms with E-state index in [2.05, 4.69) is 4.98 Å². The van der Waals surface area contributed by atoms with Crippen LogP contribution in [0.4, 0.5) is 0 Å². The Hall–Kier alpha value is -4.39. The van der Waals surface area contributed by atoms with Crippen LogP contribution in [0.5, 0.6) is 0 Å². The molecule has 0 spiro atoms. The van der Waals surface area contributed by atoms with Crippen LogP contribution in [0.3, 0.4) is 0 Å². The summed E-state index contributed by atoms with van der Waals surface area (Å²) in [7, 11) is 0. The number of nitrogens with one attached hydrogen (secondary N) is 1. The maximum atomic E-state index is 13.3. The van der Waals surface area contributed by atoms with Crippen LogP contribution in [0.25, 0.3) is 10.9 Å². The highest BCUT2D eigenvalue weighted by atomic mass is 16.5. The number of piperazine rings is 1. The average molecular weight is 494 g/mol. The third kappa shape index (κ3) is 4.48. The topological polar surface area (TPSA) is 82.7 Å². The molecule has 6 rings (SSSR count). The molecule has 186 valence electrons. The first-order chi connectivity index (χ1) is 18.1. The van der Waals surface area contributed by atoms with E-state index in [1.165, 1.54) is 0 Å². The van der Waals surface area contributed by atoms with Gasteiger partial charge < -0.3 is 19.5 Å². The number of benzene rings is 3. The number of H-pyrrole nitrogens is 1. The summed E-state index contributed by atoms with van der Waals surface area (Å²) < 4.78 is 5.64. The lowest BCUT2D eigenvalue weighted by Crippen LogP contribution is -2.51. The summed E-state index contributed by atoms with van der Waals surface area (Å²) in [6.45, 7) is 1.95. The van der Waals surface area contributed by atoms with Gasteiger partial charge in [-0.25, -0.2) is 4.79 Å². The first-order valence-electron chi connectivity index (χ1n) is 12.6. The molecule has 7 nitrogen and oxygen atoms in total. The van der Waals surface area contributed by atoms with Crippen molar-refractivity contribution < 1.29 is 19.1 Å². The Balaban J connectivity index is 1.10. The van der Waals surface area contributed by atoms with Gasteiger partial charge in [-0.05, 0) is 41.0 Å². The number of carbonyl (C=O) groups is 3. The zero-order valence-corrected chi connectivity index (χ0v) is 20.4. The molecule has 1 unspecified atom stereocenters. The van der Waals surface area contributed by atoms with Gasteiger partial charge in [-0.1, -0.05) is 48.5 Å². The monoisotopic (exact) mass is 493 g/mol. The quantitative estimate of drug-likeness (QED) is 0.433. The zero-order chi connectivity index (χ0) is 25.4. The summed E-state index contributed by atoms with van der Waals surface area (Å²) in [4.78, 5) is 45.7. The van der Waals surface area contributed by atoms with Crippen LogP contribution in [0, 0.1) is 0 Å². The molecule has 1 aromatic heterocycles. The second-order valence-corrected chi connectivity index (χ2v) is 9.59. The minimum absolute atomic E-state index is 0.0658. The largest absolute Gasteiger partial charge is 0.454 e. The van der Waals surface area contributed by atoms with Crippen molar-refractivity contribution in [2.75, 3.05) is 26.2 Å². The number of cyclic esters (lactones) is 1. The molecular weight excluding hydrogens is 466 g/mol. The van der Waals surface area contributed by atoms with Gasteiger partial charge in [0.1, 0.15) is 6.10 Å². The molecule has 37 heavy (non-hydrogen) atoms. The molecule has 1 atom stereocenters. The molecule has 3 heterocycles. The van der Waals surface area contributed by atoms with Crippen molar-refractivity contribution in [2.45, 2.75) is 18.9 Å². The van der Waals surface area contributed by atoms with Crippen LogP contribution in [-0.2, 0) is 22.4 Å². The maximum absolute atomic E-state index is 13.3. The Morgan fingerprint density at radius 3 is 2.43 bits per heavy atom. The number of nitrogens with zero attached hydrogens (tertiary/aromatic N) is 2. The summed E-state index contributed by atoms with van der Waals surface area (Å²) in [5, 5.41) is 1.07. The average Bonchev–Trinajstić information content (AvgIpc) is 3.35. The number of ether oxygens (including phenoxy) is 1. The van der Waals surface area contributed by atoms with Crippen molar-refractivity contribution in [3.05, 3.63) is 107 Å². The van der Waals surface area contributed by atoms with Gasteiger partial charge in [0.25, 0.3) is 5.91 Å². The number of para-hydroxylation sites is 1. The summed E-state index contributed by atoms with van der Waals surface area (Å²) in [6.07, 6.45) is 2.40. The van der Waals surface area contributed by atoms with Gasteiger partial charge >= 0.3 is 5.97 Å². The van der Waals surface area contributed by atoms with Crippen LogP contribution >= 0.6 is 0 Å². The molecule has 1 saturated heterocycles. The van der Waals surface area contributed by atoms with E-state index in [0.29, 0.717) is 50.1 Å². The first kappa shape index (κ1) is 23.0. The van der Waals surface area contributed by atoms with Gasteiger partial charge in [0, 0.05) is 55.3 Å². The fourth-order valence-corrected chi connectivity index (χ4v) is 5.28. The number of hydrogen-bond donors (Lipinski definition) is 1. The molecule has 7 heteroatoms. The van der Waals surface area contributed by atoms with E-state index in [9.17, 15) is 14.4 Å². The van der Waals surface area contributed by atoms with E-state index >= 15 is 0 Å². The lowest BCUT2D eigenvalue weighted by molar-refractivity contribution is -0.131. The second kappa shape index (κ2) is 9.58. The Labute approximate surface area is 214 Å². The number of rotatable bonds is 4. The minimum atomic E-state index is -0.364. The van der Waals surface area contributed by atoms with Crippen LogP contribution in [-0.4, -0.2) is 58.7 Å². The Morgan fingerprint density at radius 2 is 1.62 bits per heavy atom. The summed E-state index contributed by atoms with van der Waals surface area (Å²) >= 11 is 0. The molecule has 0 saturated carbocycles. The van der Waals surface area contributed by atoms with E-state index in [-0.39, 0.29) is 23.9 Å². The van der Waals surface area contributed by atoms with Gasteiger partial charge in [0.2, 0.25) is 5.91 Å². The van der Waals surface area contributed by atoms with E-state index in [4.69, 9.17) is 4.74 Å². The summed E-state index contributed by atoms with van der Waals surface area (Å²) in [5.41, 5.74) is 4.83. The lowest BCUT2D eigenvalue weighted by Gasteiger charge is -2.35. The van der Waals surface area contributed by atoms with Crippen LogP contribution in [0.2, 0.25) is 0 Å². The second-order valence-electron chi connectivity index (χ2n) is 9.59. The fourth-order valence-electron chi connectivity index (χ4n) is 5.28. The van der Waals surface area contributed by atoms with E-state index in [0.717, 1.165) is 27.6 Å². The van der Waals surface area contributed by atoms with Gasteiger partial charge in [0.05, 0.1) is 12.0 Å². The van der Waals surface area contributed by atoms with Crippen LogP contribution in [0.15, 0.2) is 79.0 Å². The van der Waals surface area contributed by atoms with Gasteiger partial charge in [-0.2, -0.15) is 0 Å². The standard InChI is InChI=1S/C30H27N3O4/c34-28(18-23-19-31-26-9-5-4-8-24(23)26)32-12-14-33(15-13-32)29(35)21-10-11-25-22(16-21)17-27(37-30(25)36)20-6-2-1-3-7-20/h1-11,16,19,27,31H,12-15,17-18H2. The number of esters is 1. The molecule has 4 aromatic rings. The third-order valence-corrected chi connectivity index (χ3v) is 7.33. The van der Waals surface area contributed by atoms with E-state index < -0.39 is 0 Å². The van der Waals surface area contributed by atoms with Crippen LogP contribution in [0.1, 0.15) is 43.5 Å². The van der Waals surface area contributed by atoms with Gasteiger partial charge in [-0.15, -0.1) is 0 Å². The van der Waals surface area contributed by atoms with Crippen LogP contribution < -0.4 is 0 Å². The van der Waals surface area contributed by atoms with Crippen molar-refractivity contribution in [1.82, 2.24) is 14.8 Å². The molecule has 2 amide bonds. The smallest absolute Gasteiger partial charge is 0.339 e. The number of aromatic nitrogens is 1. The predicted octanol–water partition coefficient (Wildman–Crippen LogP) is 4.15. The number of amides is 2. The lowest BCUT2D eigenvalue weighted by atomic mass is 9.93. The highest BCUT2D eigenvalue weighted by molar-refractivity contribution is 5.98. The molecular formula is C30H27N3O4. The number of carbonyl (C=O) groups excluding carboxylic acids is 3. The first-order valence-corrected chi connectivity index (χ1v) is 12.6. The Bertz CT molecular complexity index is 1490. The summed E-state index contributed by atoms with van der Waals surface area (Å²) in [6, 6.07) is 22.8. The molecule has 1 fully saturated rings. The number of aromatic amines is 1. The minimum Gasteiger partial charge on any atom is -0.454 e. The number of hydrogen-bond acceptors (Lipinski definition) is 4. The van der Waals surface area contributed by atoms with Gasteiger partial charge in [0.15, 0.2) is 0 Å². The molecule has 1 N–H and O–H groups in total. The normalized spacial score (nSPS) is 17.4. The molecule has 2 aliphatic rings. The van der Waals surface area contributed by atoms with Crippen molar-refractivity contribution in [3.63, 3.8) is 0 Å². The molecule has 0 aliphatic carbocycles. The zero-order valence-electron chi connectivity index (χ0n) is 20.4. The van der Waals surface area contributed by atoms with Crippen molar-refractivity contribution in [3.8, 4) is 0 Å². The SMILES string of the molecule is O=C1OC(c2ccccc2)Cc2cc(C(=O)N3CCN(C(=O)Cc4c[nH]c5ccccc45)CC3)ccc21. The highest BCUT2D eigenvalue weighted by Gasteiger charge is 2.30. The third-order valence-electron chi connectivity index (χ3n) is 7.33. The van der Waals surface area contributed by atoms with Crippen molar-refractivity contribution in [1.29, 1.82) is 0 Å². The molecule has 0 radical (unpaired) electrons. The van der Waals surface area contributed by atoms with Crippen molar-refractivity contribution >= 4 is 28.7 Å². The summed E-state index contributed by atoms with van der Waals surface area (Å²) in [5.74, 6) is -0.380. The van der Waals surface area contributed by atoms with E-state index in [1.54, 1.807) is 17.0 Å². The van der Waals surface area contributed by atoms with E-state index in [1.807, 2.05) is 71.8 Å². The number of fused-ring (bicyclic) bond motifs is 2. The molecule has 0 bridgehead atoms. The Kier molecular flexibility index (Phi) is 5.96. The fraction of sp³-hybridized carbons (Fsp3) is 0.233. The van der Waals surface area contributed by atoms with Gasteiger partial charge in [-0.3, -0.25) is 9.59 Å². The molecule has 2 aliphatic heterocycles. The van der Waals surface area contributed by atoms with Crippen molar-refractivity contribution in [2.24, 2.45) is 0 Å². The molecule has 3 aromatic carbocycles. The Morgan fingerprint density at radius 1 is 0.892 bits per heavy atom. The maximum Gasteiger partial charge on any atom is 0.339 e. The predicted molar refractivity (Wildman–Crippen MR) is 139 cm³/mol. The highest BCUT2D eigenvalue weighted by Crippen LogP contribution is 2.31.